The standard InChI is InChI=1S/C16H14N2O4/c1-17-15(19)10-3-2-4-12(7-10)18-16(20)11-5-6-13-14(8-11)22-9-21-13/h2-8H,9H2,1H3,(H,17,19)(H,18,20). The minimum atomic E-state index is -0.285. The Morgan fingerprint density at radius 2 is 1.73 bits per heavy atom. The molecule has 0 saturated carbocycles. The lowest BCUT2D eigenvalue weighted by atomic mass is 10.1. The molecule has 0 spiro atoms. The molecular weight excluding hydrogens is 284 g/mol. The fourth-order valence-electron chi connectivity index (χ4n) is 2.12. The van der Waals surface area contributed by atoms with Crippen molar-refractivity contribution in [3.8, 4) is 11.5 Å². The number of hydrogen-bond acceptors (Lipinski definition) is 4. The molecule has 0 radical (unpaired) electrons. The van der Waals surface area contributed by atoms with Gasteiger partial charge in [0, 0.05) is 23.9 Å². The molecule has 0 fully saturated rings. The van der Waals surface area contributed by atoms with Crippen molar-refractivity contribution >= 4 is 17.5 Å². The molecule has 112 valence electrons. The summed E-state index contributed by atoms with van der Waals surface area (Å²) in [7, 11) is 1.56. The molecule has 1 heterocycles. The highest BCUT2D eigenvalue weighted by molar-refractivity contribution is 6.05. The summed E-state index contributed by atoms with van der Waals surface area (Å²) in [5.74, 6) is 0.677. The zero-order valence-electron chi connectivity index (χ0n) is 11.9. The minimum absolute atomic E-state index is 0.161. The molecule has 0 saturated heterocycles. The smallest absolute Gasteiger partial charge is 0.255 e. The molecule has 2 N–H and O–H groups in total. The van der Waals surface area contributed by atoms with Gasteiger partial charge in [-0.1, -0.05) is 6.07 Å². The van der Waals surface area contributed by atoms with Crippen LogP contribution in [0.25, 0.3) is 0 Å². The molecule has 0 aliphatic carbocycles. The first-order valence-corrected chi connectivity index (χ1v) is 6.70. The molecule has 2 aromatic carbocycles. The van der Waals surface area contributed by atoms with Crippen molar-refractivity contribution in [3.05, 3.63) is 53.6 Å². The van der Waals surface area contributed by atoms with Crippen LogP contribution in [-0.4, -0.2) is 25.7 Å². The first kappa shape index (κ1) is 13.9. The van der Waals surface area contributed by atoms with Crippen molar-refractivity contribution in [2.75, 3.05) is 19.2 Å². The molecule has 0 aromatic heterocycles. The largest absolute Gasteiger partial charge is 0.454 e. The number of hydrogen-bond donors (Lipinski definition) is 2. The van der Waals surface area contributed by atoms with Crippen molar-refractivity contribution < 1.29 is 19.1 Å². The average Bonchev–Trinajstić information content (AvgIpc) is 3.01. The molecule has 0 atom stereocenters. The maximum atomic E-state index is 12.3. The number of anilines is 1. The summed E-state index contributed by atoms with van der Waals surface area (Å²) in [4.78, 5) is 23.9. The lowest BCUT2D eigenvalue weighted by Crippen LogP contribution is -2.18. The van der Waals surface area contributed by atoms with Crippen LogP contribution in [0.1, 0.15) is 20.7 Å². The number of rotatable bonds is 3. The van der Waals surface area contributed by atoms with Crippen molar-refractivity contribution in [1.29, 1.82) is 0 Å². The van der Waals surface area contributed by atoms with Gasteiger partial charge in [0.25, 0.3) is 11.8 Å². The number of nitrogens with one attached hydrogen (secondary N) is 2. The van der Waals surface area contributed by atoms with Gasteiger partial charge in [0.2, 0.25) is 6.79 Å². The predicted octanol–water partition coefficient (Wildman–Crippen LogP) is 2.03. The van der Waals surface area contributed by atoms with E-state index in [4.69, 9.17) is 9.47 Å². The van der Waals surface area contributed by atoms with Crippen molar-refractivity contribution in [1.82, 2.24) is 5.32 Å². The molecule has 2 amide bonds. The fraction of sp³-hybridized carbons (Fsp3) is 0.125. The first-order valence-electron chi connectivity index (χ1n) is 6.70. The fourth-order valence-corrected chi connectivity index (χ4v) is 2.12. The Morgan fingerprint density at radius 3 is 2.55 bits per heavy atom. The van der Waals surface area contributed by atoms with Gasteiger partial charge in [0.05, 0.1) is 0 Å². The lowest BCUT2D eigenvalue weighted by molar-refractivity contribution is 0.0961. The van der Waals surface area contributed by atoms with Gasteiger partial charge < -0.3 is 20.1 Å². The van der Waals surface area contributed by atoms with E-state index >= 15 is 0 Å². The summed E-state index contributed by atoms with van der Waals surface area (Å²) in [5, 5.41) is 5.29. The summed E-state index contributed by atoms with van der Waals surface area (Å²) >= 11 is 0. The van der Waals surface area contributed by atoms with Crippen molar-refractivity contribution in [3.63, 3.8) is 0 Å². The number of benzene rings is 2. The number of ether oxygens (including phenoxy) is 2. The normalized spacial score (nSPS) is 11.9. The second-order valence-corrected chi connectivity index (χ2v) is 4.68. The van der Waals surface area contributed by atoms with Crippen LogP contribution in [0.2, 0.25) is 0 Å². The summed E-state index contributed by atoms with van der Waals surface area (Å²) in [6.07, 6.45) is 0. The highest BCUT2D eigenvalue weighted by Gasteiger charge is 2.16. The van der Waals surface area contributed by atoms with Gasteiger partial charge in [-0.2, -0.15) is 0 Å². The zero-order valence-corrected chi connectivity index (χ0v) is 11.9. The van der Waals surface area contributed by atoms with Gasteiger partial charge in [-0.15, -0.1) is 0 Å². The van der Waals surface area contributed by atoms with Crippen LogP contribution in [0.15, 0.2) is 42.5 Å². The summed E-state index contributed by atoms with van der Waals surface area (Å²) in [5.41, 5.74) is 1.48. The Morgan fingerprint density at radius 1 is 0.955 bits per heavy atom. The first-order chi connectivity index (χ1) is 10.7. The van der Waals surface area contributed by atoms with Crippen LogP contribution in [0.5, 0.6) is 11.5 Å². The molecule has 1 aliphatic heterocycles. The molecular formula is C16H14N2O4. The Labute approximate surface area is 127 Å². The van der Waals surface area contributed by atoms with Crippen molar-refractivity contribution in [2.45, 2.75) is 0 Å². The van der Waals surface area contributed by atoms with Crippen LogP contribution in [0.3, 0.4) is 0 Å². The van der Waals surface area contributed by atoms with Gasteiger partial charge in [0.1, 0.15) is 0 Å². The van der Waals surface area contributed by atoms with Gasteiger partial charge in [-0.25, -0.2) is 0 Å². The molecule has 6 heteroatoms. The van der Waals surface area contributed by atoms with E-state index in [0.717, 1.165) is 0 Å². The van der Waals surface area contributed by atoms with Crippen LogP contribution < -0.4 is 20.1 Å². The number of carbonyl (C=O) groups excluding carboxylic acids is 2. The molecule has 22 heavy (non-hydrogen) atoms. The van der Waals surface area contributed by atoms with Gasteiger partial charge >= 0.3 is 0 Å². The Kier molecular flexibility index (Phi) is 3.65. The highest BCUT2D eigenvalue weighted by atomic mass is 16.7. The van der Waals surface area contributed by atoms with Crippen LogP contribution >= 0.6 is 0 Å². The van der Waals surface area contributed by atoms with Crippen LogP contribution in [-0.2, 0) is 0 Å². The van der Waals surface area contributed by atoms with Gasteiger partial charge in [-0.05, 0) is 36.4 Å². The Hall–Kier alpha value is -3.02. The minimum Gasteiger partial charge on any atom is -0.454 e. The van der Waals surface area contributed by atoms with E-state index in [1.807, 2.05) is 0 Å². The third kappa shape index (κ3) is 2.71. The molecule has 0 bridgehead atoms. The number of carbonyl (C=O) groups is 2. The quantitative estimate of drug-likeness (QED) is 0.909. The highest BCUT2D eigenvalue weighted by Crippen LogP contribution is 2.32. The third-order valence-electron chi connectivity index (χ3n) is 3.24. The topological polar surface area (TPSA) is 76.7 Å². The number of amides is 2. The predicted molar refractivity (Wildman–Crippen MR) is 80.4 cm³/mol. The average molecular weight is 298 g/mol. The Bertz CT molecular complexity index is 743. The van der Waals surface area contributed by atoms with Crippen LogP contribution in [0.4, 0.5) is 5.69 Å². The monoisotopic (exact) mass is 298 g/mol. The molecule has 0 unspecified atom stereocenters. The van der Waals surface area contributed by atoms with E-state index in [-0.39, 0.29) is 18.6 Å². The van der Waals surface area contributed by atoms with E-state index < -0.39 is 0 Å². The number of fused-ring (bicyclic) bond motifs is 1. The molecule has 3 rings (SSSR count). The van der Waals surface area contributed by atoms with E-state index in [1.165, 1.54) is 0 Å². The molecule has 6 nitrogen and oxygen atoms in total. The SMILES string of the molecule is CNC(=O)c1cccc(NC(=O)c2ccc3c(c2)OCO3)c1. The van der Waals surface area contributed by atoms with E-state index in [1.54, 1.807) is 49.5 Å². The maximum Gasteiger partial charge on any atom is 0.255 e. The van der Waals surface area contributed by atoms with Crippen molar-refractivity contribution in [2.24, 2.45) is 0 Å². The Balaban J connectivity index is 1.78. The van der Waals surface area contributed by atoms with Crippen LogP contribution in [0, 0.1) is 0 Å². The maximum absolute atomic E-state index is 12.3. The van der Waals surface area contributed by atoms with Gasteiger partial charge in [-0.3, -0.25) is 9.59 Å². The van der Waals surface area contributed by atoms with Gasteiger partial charge in [0.15, 0.2) is 11.5 Å². The zero-order chi connectivity index (χ0) is 15.5. The lowest BCUT2D eigenvalue weighted by Gasteiger charge is -2.07. The summed E-state index contributed by atoms with van der Waals surface area (Å²) < 4.78 is 10.5. The van der Waals surface area contributed by atoms with E-state index in [0.29, 0.717) is 28.3 Å². The summed E-state index contributed by atoms with van der Waals surface area (Å²) in [6.45, 7) is 0.161. The van der Waals surface area contributed by atoms with E-state index in [2.05, 4.69) is 10.6 Å². The van der Waals surface area contributed by atoms with E-state index in [9.17, 15) is 9.59 Å². The second-order valence-electron chi connectivity index (χ2n) is 4.68. The third-order valence-corrected chi connectivity index (χ3v) is 3.24. The molecule has 2 aromatic rings. The second kappa shape index (κ2) is 5.77. The molecule has 1 aliphatic rings. The summed E-state index contributed by atoms with van der Waals surface area (Å²) in [6, 6.07) is 11.7.